The number of hydrogen-bond donors (Lipinski definition) is 2. The number of nitrogens with one attached hydrogen (secondary N) is 1. The molecule has 0 fully saturated rings. The second kappa shape index (κ2) is 4.63. The molecule has 1 amide bonds. The number of aromatic nitrogens is 4. The van der Waals surface area contributed by atoms with Crippen LogP contribution in [-0.4, -0.2) is 26.1 Å². The maximum Gasteiger partial charge on any atom is 0.248 e. The van der Waals surface area contributed by atoms with E-state index >= 15 is 0 Å². The van der Waals surface area contributed by atoms with Gasteiger partial charge in [0.1, 0.15) is 0 Å². The lowest BCUT2D eigenvalue weighted by molar-refractivity contribution is 0.100. The molecular formula is C16H11N5O. The van der Waals surface area contributed by atoms with Crippen LogP contribution in [0.4, 0.5) is 0 Å². The Labute approximate surface area is 125 Å². The quantitative estimate of drug-likeness (QED) is 0.553. The fraction of sp³-hybridized carbons (Fsp3) is 0. The first-order valence-electron chi connectivity index (χ1n) is 6.70. The summed E-state index contributed by atoms with van der Waals surface area (Å²) in [6.45, 7) is 0. The molecule has 0 saturated carbocycles. The van der Waals surface area contributed by atoms with E-state index in [1.807, 2.05) is 12.1 Å². The molecule has 0 radical (unpaired) electrons. The fourth-order valence-corrected chi connectivity index (χ4v) is 2.60. The highest BCUT2D eigenvalue weighted by atomic mass is 16.1. The molecule has 0 atom stereocenters. The summed E-state index contributed by atoms with van der Waals surface area (Å²) in [5.74, 6) is -0.472. The summed E-state index contributed by atoms with van der Waals surface area (Å²) in [7, 11) is 0. The van der Waals surface area contributed by atoms with Gasteiger partial charge in [-0.15, -0.1) is 0 Å². The van der Waals surface area contributed by atoms with Crippen molar-refractivity contribution in [2.45, 2.75) is 0 Å². The van der Waals surface area contributed by atoms with Crippen molar-refractivity contribution in [1.82, 2.24) is 20.2 Å². The van der Waals surface area contributed by atoms with Gasteiger partial charge in [0.15, 0.2) is 0 Å². The Balaban J connectivity index is 2.15. The highest BCUT2D eigenvalue weighted by Gasteiger charge is 2.12. The summed E-state index contributed by atoms with van der Waals surface area (Å²) >= 11 is 0. The second-order valence-electron chi connectivity index (χ2n) is 4.96. The van der Waals surface area contributed by atoms with Crippen molar-refractivity contribution in [2.75, 3.05) is 0 Å². The van der Waals surface area contributed by atoms with Crippen LogP contribution in [0.3, 0.4) is 0 Å². The summed E-state index contributed by atoms with van der Waals surface area (Å²) in [4.78, 5) is 20.3. The number of primary amides is 1. The molecule has 0 spiro atoms. The van der Waals surface area contributed by atoms with Crippen LogP contribution >= 0.6 is 0 Å². The van der Waals surface area contributed by atoms with Gasteiger partial charge in [-0.1, -0.05) is 6.07 Å². The van der Waals surface area contributed by atoms with Crippen LogP contribution in [-0.2, 0) is 0 Å². The van der Waals surface area contributed by atoms with Gasteiger partial charge in [-0.3, -0.25) is 14.9 Å². The van der Waals surface area contributed by atoms with Gasteiger partial charge < -0.3 is 5.73 Å². The van der Waals surface area contributed by atoms with Gasteiger partial charge >= 0.3 is 0 Å². The van der Waals surface area contributed by atoms with Crippen molar-refractivity contribution < 1.29 is 4.79 Å². The third kappa shape index (κ3) is 1.81. The summed E-state index contributed by atoms with van der Waals surface area (Å²) in [6, 6.07) is 7.18. The van der Waals surface area contributed by atoms with Crippen LogP contribution < -0.4 is 5.73 Å². The first kappa shape index (κ1) is 12.5. The van der Waals surface area contributed by atoms with Gasteiger partial charge in [0.2, 0.25) is 5.91 Å². The lowest BCUT2D eigenvalue weighted by Crippen LogP contribution is -2.10. The first-order chi connectivity index (χ1) is 10.7. The molecule has 0 aliphatic carbocycles. The molecule has 0 aliphatic heterocycles. The van der Waals surface area contributed by atoms with E-state index in [1.165, 1.54) is 0 Å². The standard InChI is InChI=1S/C16H11N5O/c17-16(22)9-1-2-11-13-8-18-4-3-12(13)15(21-14(11)5-9)10-6-19-20-7-10/h1-8H,(H2,17,22)(H,19,20). The molecule has 3 aromatic heterocycles. The number of fused-ring (bicyclic) bond motifs is 3. The van der Waals surface area contributed by atoms with Gasteiger partial charge in [0.05, 0.1) is 17.4 Å². The van der Waals surface area contributed by atoms with E-state index in [4.69, 9.17) is 10.7 Å². The maximum absolute atomic E-state index is 11.4. The van der Waals surface area contributed by atoms with Gasteiger partial charge in [-0.2, -0.15) is 5.10 Å². The first-order valence-corrected chi connectivity index (χ1v) is 6.70. The Morgan fingerprint density at radius 2 is 2.00 bits per heavy atom. The molecule has 6 heteroatoms. The van der Waals surface area contributed by atoms with Gasteiger partial charge in [0.25, 0.3) is 0 Å². The van der Waals surface area contributed by atoms with E-state index in [-0.39, 0.29) is 0 Å². The predicted molar refractivity (Wildman–Crippen MR) is 83.1 cm³/mol. The van der Waals surface area contributed by atoms with E-state index in [0.717, 1.165) is 27.4 Å². The number of pyridine rings is 2. The average Bonchev–Trinajstić information content (AvgIpc) is 3.07. The summed E-state index contributed by atoms with van der Waals surface area (Å²) in [6.07, 6.45) is 7.03. The number of H-pyrrole nitrogens is 1. The minimum absolute atomic E-state index is 0.432. The van der Waals surface area contributed by atoms with Crippen LogP contribution in [0.5, 0.6) is 0 Å². The van der Waals surface area contributed by atoms with Crippen molar-refractivity contribution in [2.24, 2.45) is 5.73 Å². The largest absolute Gasteiger partial charge is 0.366 e. The molecular weight excluding hydrogens is 278 g/mol. The molecule has 0 bridgehead atoms. The zero-order valence-electron chi connectivity index (χ0n) is 11.4. The topological polar surface area (TPSA) is 97.5 Å². The Hall–Kier alpha value is -3.28. The molecule has 22 heavy (non-hydrogen) atoms. The number of aromatic amines is 1. The van der Waals surface area contributed by atoms with Crippen molar-refractivity contribution in [1.29, 1.82) is 0 Å². The summed E-state index contributed by atoms with van der Waals surface area (Å²) in [5.41, 5.74) is 8.16. The number of nitrogens with zero attached hydrogens (tertiary/aromatic N) is 3. The molecule has 0 saturated heterocycles. The van der Waals surface area contributed by atoms with Gasteiger partial charge in [0, 0.05) is 45.9 Å². The zero-order valence-corrected chi connectivity index (χ0v) is 11.4. The fourth-order valence-electron chi connectivity index (χ4n) is 2.60. The minimum Gasteiger partial charge on any atom is -0.366 e. The van der Waals surface area contributed by atoms with Crippen LogP contribution in [0.25, 0.3) is 32.9 Å². The van der Waals surface area contributed by atoms with Crippen LogP contribution in [0.2, 0.25) is 0 Å². The monoisotopic (exact) mass is 289 g/mol. The van der Waals surface area contributed by atoms with Crippen molar-refractivity contribution in [3.8, 4) is 11.3 Å². The third-order valence-corrected chi connectivity index (χ3v) is 3.65. The number of carbonyl (C=O) groups excluding carboxylic acids is 1. The van der Waals surface area contributed by atoms with Crippen molar-refractivity contribution in [3.63, 3.8) is 0 Å². The molecule has 0 aliphatic rings. The molecule has 0 unspecified atom stereocenters. The number of hydrogen-bond acceptors (Lipinski definition) is 4. The number of carbonyl (C=O) groups is 1. The summed E-state index contributed by atoms with van der Waals surface area (Å²) < 4.78 is 0. The molecule has 1 aromatic carbocycles. The smallest absolute Gasteiger partial charge is 0.248 e. The van der Waals surface area contributed by atoms with Crippen molar-refractivity contribution in [3.05, 3.63) is 54.6 Å². The predicted octanol–water partition coefficient (Wildman–Crippen LogP) is 2.27. The van der Waals surface area contributed by atoms with E-state index in [0.29, 0.717) is 11.1 Å². The number of benzene rings is 1. The second-order valence-corrected chi connectivity index (χ2v) is 4.96. The average molecular weight is 289 g/mol. The van der Waals surface area contributed by atoms with Crippen LogP contribution in [0, 0.1) is 0 Å². The Kier molecular flexibility index (Phi) is 2.62. The SMILES string of the molecule is NC(=O)c1ccc2c(c1)nc(-c1cn[nH]c1)c1ccncc12. The highest BCUT2D eigenvalue weighted by Crippen LogP contribution is 2.31. The molecule has 4 aromatic rings. The molecule has 3 heterocycles. The van der Waals surface area contributed by atoms with E-state index < -0.39 is 5.91 Å². The zero-order chi connectivity index (χ0) is 15.1. The lowest BCUT2D eigenvalue weighted by Gasteiger charge is -2.08. The number of amides is 1. The normalized spacial score (nSPS) is 11.1. The molecule has 3 N–H and O–H groups in total. The Morgan fingerprint density at radius 3 is 2.77 bits per heavy atom. The molecule has 106 valence electrons. The van der Waals surface area contributed by atoms with E-state index in [2.05, 4.69) is 15.2 Å². The van der Waals surface area contributed by atoms with Crippen LogP contribution in [0.1, 0.15) is 10.4 Å². The van der Waals surface area contributed by atoms with E-state index in [1.54, 1.807) is 36.9 Å². The Morgan fingerprint density at radius 1 is 1.09 bits per heavy atom. The van der Waals surface area contributed by atoms with Crippen LogP contribution in [0.15, 0.2) is 49.1 Å². The lowest BCUT2D eigenvalue weighted by atomic mass is 10.0. The number of rotatable bonds is 2. The van der Waals surface area contributed by atoms with Gasteiger partial charge in [-0.05, 0) is 18.2 Å². The van der Waals surface area contributed by atoms with E-state index in [9.17, 15) is 4.79 Å². The molecule has 6 nitrogen and oxygen atoms in total. The third-order valence-electron chi connectivity index (χ3n) is 3.65. The van der Waals surface area contributed by atoms with Crippen molar-refractivity contribution >= 4 is 27.6 Å². The minimum atomic E-state index is -0.472. The maximum atomic E-state index is 11.4. The highest BCUT2D eigenvalue weighted by molar-refractivity contribution is 6.11. The Bertz CT molecular complexity index is 1010. The van der Waals surface area contributed by atoms with Gasteiger partial charge in [-0.25, -0.2) is 4.98 Å². The summed E-state index contributed by atoms with van der Waals surface area (Å²) in [5, 5.41) is 9.65. The molecule has 4 rings (SSSR count). The number of nitrogens with two attached hydrogens (primary N) is 1.